The Labute approximate surface area is 103 Å². The highest BCUT2D eigenvalue weighted by Crippen LogP contribution is 2.16. The molecule has 8 heteroatoms. The van der Waals surface area contributed by atoms with Gasteiger partial charge in [0.05, 0.1) is 0 Å². The van der Waals surface area contributed by atoms with E-state index in [9.17, 15) is 14.4 Å². The van der Waals surface area contributed by atoms with Gasteiger partial charge in [-0.05, 0) is 0 Å². The molecule has 0 bridgehead atoms. The van der Waals surface area contributed by atoms with Crippen LogP contribution in [0.25, 0.3) is 0 Å². The average Bonchev–Trinajstić information content (AvgIpc) is 2.20. The smallest absolute Gasteiger partial charge is 0.304 e. The van der Waals surface area contributed by atoms with E-state index in [2.05, 4.69) is 5.48 Å². The van der Waals surface area contributed by atoms with Crippen LogP contribution >= 0.6 is 0 Å². The van der Waals surface area contributed by atoms with Crippen LogP contribution in [0.2, 0.25) is 0 Å². The third kappa shape index (κ3) is 4.30. The fourth-order valence-electron chi connectivity index (χ4n) is 1.48. The van der Waals surface area contributed by atoms with E-state index in [1.165, 1.54) is 20.8 Å². The van der Waals surface area contributed by atoms with Crippen molar-refractivity contribution in [3.63, 3.8) is 0 Å². The van der Waals surface area contributed by atoms with Crippen molar-refractivity contribution in [3.8, 4) is 0 Å². The second-order valence-electron chi connectivity index (χ2n) is 3.68. The van der Waals surface area contributed by atoms with Crippen LogP contribution < -0.4 is 5.48 Å². The van der Waals surface area contributed by atoms with Gasteiger partial charge in [-0.3, -0.25) is 19.2 Å². The third-order valence-corrected chi connectivity index (χ3v) is 2.02. The largest absolute Gasteiger partial charge is 0.456 e. The number of hydroxylamine groups is 1. The van der Waals surface area contributed by atoms with Crippen LogP contribution in [0.5, 0.6) is 0 Å². The summed E-state index contributed by atoms with van der Waals surface area (Å²) in [7, 11) is 0. The van der Waals surface area contributed by atoms with E-state index in [4.69, 9.17) is 19.0 Å². The molecule has 0 amide bonds. The lowest BCUT2D eigenvalue weighted by Gasteiger charge is -2.35. The Morgan fingerprint density at radius 3 is 2.06 bits per heavy atom. The monoisotopic (exact) mass is 261 g/mol. The summed E-state index contributed by atoms with van der Waals surface area (Å²) >= 11 is 0. The van der Waals surface area contributed by atoms with Gasteiger partial charge in [0.2, 0.25) is 6.23 Å². The first-order valence-corrected chi connectivity index (χ1v) is 5.29. The Morgan fingerprint density at radius 2 is 1.56 bits per heavy atom. The molecular formula is C10H15NO7. The molecule has 1 saturated heterocycles. The van der Waals surface area contributed by atoms with E-state index in [1.807, 2.05) is 0 Å². The number of carbonyl (C=O) groups is 3. The SMILES string of the molecule is CC(=O)O[C@H]1[C@H](OC(C)=O)CON[C@H]1OC(C)=O. The van der Waals surface area contributed by atoms with Gasteiger partial charge in [0.25, 0.3) is 0 Å². The minimum Gasteiger partial charge on any atom is -0.456 e. The Bertz CT molecular complexity index is 319. The number of hydrogen-bond acceptors (Lipinski definition) is 8. The number of carbonyl (C=O) groups excluding carboxylic acids is 3. The van der Waals surface area contributed by atoms with Gasteiger partial charge in [0.1, 0.15) is 6.61 Å². The molecule has 0 aromatic carbocycles. The quantitative estimate of drug-likeness (QED) is 0.524. The molecule has 1 heterocycles. The van der Waals surface area contributed by atoms with Crippen molar-refractivity contribution >= 4 is 17.9 Å². The molecule has 0 aliphatic carbocycles. The number of esters is 3. The lowest BCUT2D eigenvalue weighted by molar-refractivity contribution is -0.234. The molecule has 1 aliphatic rings. The predicted molar refractivity (Wildman–Crippen MR) is 55.7 cm³/mol. The molecule has 0 unspecified atom stereocenters. The molecule has 0 saturated carbocycles. The summed E-state index contributed by atoms with van der Waals surface area (Å²) < 4.78 is 14.8. The molecule has 1 rings (SSSR count). The van der Waals surface area contributed by atoms with Crippen molar-refractivity contribution in [1.82, 2.24) is 5.48 Å². The maximum atomic E-state index is 11.0. The summed E-state index contributed by atoms with van der Waals surface area (Å²) in [6.07, 6.45) is -2.81. The standard InChI is InChI=1S/C10H15NO7/c1-5(12)16-8-4-15-11-10(18-7(3)14)9(8)17-6(2)13/h8-11H,4H2,1-3H3/t8-,9+,10+/m1/s1. The molecule has 1 fully saturated rings. The second kappa shape index (κ2) is 6.31. The Hall–Kier alpha value is -1.67. The first-order valence-electron chi connectivity index (χ1n) is 5.29. The molecular weight excluding hydrogens is 246 g/mol. The van der Waals surface area contributed by atoms with Gasteiger partial charge >= 0.3 is 17.9 Å². The average molecular weight is 261 g/mol. The highest BCUT2D eigenvalue weighted by molar-refractivity contribution is 5.68. The van der Waals surface area contributed by atoms with Gasteiger partial charge in [-0.25, -0.2) is 0 Å². The molecule has 1 N–H and O–H groups in total. The molecule has 102 valence electrons. The van der Waals surface area contributed by atoms with E-state index < -0.39 is 36.3 Å². The lowest BCUT2D eigenvalue weighted by Crippen LogP contribution is -2.58. The zero-order chi connectivity index (χ0) is 13.7. The molecule has 0 aromatic heterocycles. The summed E-state index contributed by atoms with van der Waals surface area (Å²) in [5.41, 5.74) is 2.40. The number of rotatable bonds is 3. The molecule has 0 radical (unpaired) electrons. The minimum atomic E-state index is -1.02. The van der Waals surface area contributed by atoms with Crippen molar-refractivity contribution in [3.05, 3.63) is 0 Å². The number of hydrogen-bond donors (Lipinski definition) is 1. The molecule has 3 atom stereocenters. The van der Waals surface area contributed by atoms with E-state index in [1.54, 1.807) is 0 Å². The molecule has 0 aromatic rings. The van der Waals surface area contributed by atoms with Crippen LogP contribution in [0.3, 0.4) is 0 Å². The number of nitrogens with one attached hydrogen (secondary N) is 1. The molecule has 1 aliphatic heterocycles. The Balaban J connectivity index is 2.78. The summed E-state index contributed by atoms with van der Waals surface area (Å²) in [4.78, 5) is 37.7. The minimum absolute atomic E-state index is 0.0186. The van der Waals surface area contributed by atoms with E-state index in [0.29, 0.717) is 0 Å². The van der Waals surface area contributed by atoms with Crippen molar-refractivity contribution in [2.45, 2.75) is 39.2 Å². The van der Waals surface area contributed by atoms with Crippen molar-refractivity contribution in [2.75, 3.05) is 6.61 Å². The molecule has 0 spiro atoms. The highest BCUT2D eigenvalue weighted by atomic mass is 16.7. The van der Waals surface area contributed by atoms with Gasteiger partial charge in [0, 0.05) is 20.8 Å². The fraction of sp³-hybridized carbons (Fsp3) is 0.700. The summed E-state index contributed by atoms with van der Waals surface area (Å²) in [5.74, 6) is -1.72. The normalized spacial score (nSPS) is 27.2. The van der Waals surface area contributed by atoms with Crippen molar-refractivity contribution in [1.29, 1.82) is 0 Å². The second-order valence-corrected chi connectivity index (χ2v) is 3.68. The first-order chi connectivity index (χ1) is 8.40. The highest BCUT2D eigenvalue weighted by Gasteiger charge is 2.41. The Morgan fingerprint density at radius 1 is 1.00 bits per heavy atom. The molecule has 8 nitrogen and oxygen atoms in total. The Kier molecular flexibility index (Phi) is 5.05. The van der Waals surface area contributed by atoms with Gasteiger partial charge in [-0.1, -0.05) is 0 Å². The van der Waals surface area contributed by atoms with Gasteiger partial charge in [-0.15, -0.1) is 0 Å². The van der Waals surface area contributed by atoms with E-state index in [0.717, 1.165) is 0 Å². The summed E-state index contributed by atoms with van der Waals surface area (Å²) in [6, 6.07) is 0. The zero-order valence-corrected chi connectivity index (χ0v) is 10.3. The zero-order valence-electron chi connectivity index (χ0n) is 10.3. The van der Waals surface area contributed by atoms with Gasteiger partial charge in [-0.2, -0.15) is 5.48 Å². The maximum absolute atomic E-state index is 11.0. The van der Waals surface area contributed by atoms with Crippen LogP contribution in [0, 0.1) is 0 Å². The maximum Gasteiger partial charge on any atom is 0.304 e. The molecule has 18 heavy (non-hydrogen) atoms. The van der Waals surface area contributed by atoms with Crippen molar-refractivity contribution < 1.29 is 33.4 Å². The van der Waals surface area contributed by atoms with Crippen LogP contribution in [-0.4, -0.2) is 43.0 Å². The summed E-state index contributed by atoms with van der Waals surface area (Å²) in [5, 5.41) is 0. The predicted octanol–water partition coefficient (Wildman–Crippen LogP) is -0.726. The van der Waals surface area contributed by atoms with E-state index in [-0.39, 0.29) is 6.61 Å². The third-order valence-electron chi connectivity index (χ3n) is 2.02. The van der Waals surface area contributed by atoms with Gasteiger partial charge < -0.3 is 14.2 Å². The lowest BCUT2D eigenvalue weighted by atomic mass is 10.1. The van der Waals surface area contributed by atoms with Crippen LogP contribution in [0.1, 0.15) is 20.8 Å². The first kappa shape index (κ1) is 14.4. The van der Waals surface area contributed by atoms with Crippen LogP contribution in [0.15, 0.2) is 0 Å². The van der Waals surface area contributed by atoms with E-state index >= 15 is 0 Å². The summed E-state index contributed by atoms with van der Waals surface area (Å²) in [6.45, 7) is 3.59. The van der Waals surface area contributed by atoms with Gasteiger partial charge in [0.15, 0.2) is 12.2 Å². The fourth-order valence-corrected chi connectivity index (χ4v) is 1.48. The topological polar surface area (TPSA) is 100 Å². The van der Waals surface area contributed by atoms with Crippen LogP contribution in [0.4, 0.5) is 0 Å². The van der Waals surface area contributed by atoms with Crippen LogP contribution in [-0.2, 0) is 33.4 Å². The number of ether oxygens (including phenoxy) is 3. The van der Waals surface area contributed by atoms with Crippen molar-refractivity contribution in [2.24, 2.45) is 0 Å².